The van der Waals surface area contributed by atoms with E-state index in [9.17, 15) is 20.0 Å². The highest BCUT2D eigenvalue weighted by Gasteiger charge is 2.15. The van der Waals surface area contributed by atoms with Crippen LogP contribution in [0.3, 0.4) is 0 Å². The highest BCUT2D eigenvalue weighted by Crippen LogP contribution is 2.19. The maximum absolute atomic E-state index is 12.1. The van der Waals surface area contributed by atoms with Crippen molar-refractivity contribution in [1.82, 2.24) is 5.32 Å². The number of carbonyl (C=O) groups is 1. The summed E-state index contributed by atoms with van der Waals surface area (Å²) in [4.78, 5) is 22.2. The molecule has 0 aliphatic heterocycles. The van der Waals surface area contributed by atoms with Crippen molar-refractivity contribution in [3.63, 3.8) is 0 Å². The summed E-state index contributed by atoms with van der Waals surface area (Å²) in [5, 5.41) is 23.3. The number of amides is 1. The molecule has 2 N–H and O–H groups in total. The molecule has 0 aliphatic carbocycles. The van der Waals surface area contributed by atoms with Gasteiger partial charge >= 0.3 is 0 Å². The van der Waals surface area contributed by atoms with Gasteiger partial charge in [0, 0.05) is 18.7 Å². The molecule has 23 heavy (non-hydrogen) atoms. The molecule has 1 atom stereocenters. The van der Waals surface area contributed by atoms with Gasteiger partial charge < -0.3 is 15.2 Å². The summed E-state index contributed by atoms with van der Waals surface area (Å²) in [5.74, 6) is 0.0678. The number of hydrogen-bond donors (Lipinski definition) is 2. The van der Waals surface area contributed by atoms with Crippen LogP contribution in [0.4, 0.5) is 5.69 Å². The highest BCUT2D eigenvalue weighted by molar-refractivity contribution is 5.96. The Morgan fingerprint density at radius 2 is 1.91 bits per heavy atom. The first-order valence-corrected chi connectivity index (χ1v) is 6.86. The molecule has 0 fully saturated rings. The number of benzene rings is 2. The quantitative estimate of drug-likeness (QED) is 0.627. The first kappa shape index (κ1) is 16.4. The van der Waals surface area contributed by atoms with Crippen LogP contribution in [0.5, 0.6) is 5.75 Å². The number of non-ortho nitro benzene ring substituents is 1. The van der Waals surface area contributed by atoms with Crippen LogP contribution in [0.15, 0.2) is 48.5 Å². The van der Waals surface area contributed by atoms with Crippen molar-refractivity contribution in [1.29, 1.82) is 0 Å². The summed E-state index contributed by atoms with van der Waals surface area (Å²) in [7, 11) is 1.47. The summed E-state index contributed by atoms with van der Waals surface area (Å²) in [6, 6.07) is 12.3. The average molecular weight is 316 g/mol. The number of nitrogens with zero attached hydrogens (tertiary/aromatic N) is 1. The number of aliphatic hydroxyl groups excluding tert-OH is 1. The number of aliphatic hydroxyl groups is 1. The molecule has 7 heteroatoms. The van der Waals surface area contributed by atoms with Gasteiger partial charge in [0.05, 0.1) is 23.7 Å². The van der Waals surface area contributed by atoms with Gasteiger partial charge in [-0.25, -0.2) is 0 Å². The van der Waals surface area contributed by atoms with Gasteiger partial charge in [0.2, 0.25) is 0 Å². The summed E-state index contributed by atoms with van der Waals surface area (Å²) < 4.78 is 5.11. The minimum Gasteiger partial charge on any atom is -0.496 e. The van der Waals surface area contributed by atoms with Gasteiger partial charge in [-0.3, -0.25) is 14.9 Å². The van der Waals surface area contributed by atoms with Crippen molar-refractivity contribution in [2.24, 2.45) is 0 Å². The molecule has 0 aromatic heterocycles. The number of carbonyl (C=O) groups excluding carboxylic acids is 1. The molecular weight excluding hydrogens is 300 g/mol. The first-order valence-electron chi connectivity index (χ1n) is 6.86. The Labute approximate surface area is 132 Å². The van der Waals surface area contributed by atoms with E-state index in [-0.39, 0.29) is 18.1 Å². The Hall–Kier alpha value is -2.93. The largest absolute Gasteiger partial charge is 0.496 e. The molecule has 0 heterocycles. The van der Waals surface area contributed by atoms with Gasteiger partial charge in [0.15, 0.2) is 0 Å². The van der Waals surface area contributed by atoms with Crippen LogP contribution in [-0.2, 0) is 0 Å². The monoisotopic (exact) mass is 316 g/mol. The Kier molecular flexibility index (Phi) is 5.27. The normalized spacial score (nSPS) is 11.6. The lowest BCUT2D eigenvalue weighted by atomic mass is 10.1. The number of nitro groups is 1. The maximum atomic E-state index is 12.1. The molecule has 1 amide bonds. The van der Waals surface area contributed by atoms with Gasteiger partial charge in [0.25, 0.3) is 11.6 Å². The third-order valence-corrected chi connectivity index (χ3v) is 3.30. The van der Waals surface area contributed by atoms with Crippen molar-refractivity contribution in [2.75, 3.05) is 13.7 Å². The first-order chi connectivity index (χ1) is 11.0. The molecule has 0 saturated heterocycles. The van der Waals surface area contributed by atoms with Crippen molar-refractivity contribution in [3.05, 3.63) is 69.8 Å². The average Bonchev–Trinajstić information content (AvgIpc) is 2.59. The van der Waals surface area contributed by atoms with E-state index in [1.807, 2.05) is 0 Å². The van der Waals surface area contributed by atoms with Gasteiger partial charge in [-0.2, -0.15) is 0 Å². The van der Waals surface area contributed by atoms with E-state index < -0.39 is 11.0 Å². The smallest absolute Gasteiger partial charge is 0.269 e. The number of rotatable bonds is 6. The Balaban J connectivity index is 1.99. The van der Waals surface area contributed by atoms with E-state index in [0.29, 0.717) is 16.9 Å². The molecule has 0 unspecified atom stereocenters. The third kappa shape index (κ3) is 4.04. The fourth-order valence-corrected chi connectivity index (χ4v) is 2.05. The van der Waals surface area contributed by atoms with Crippen LogP contribution in [-0.4, -0.2) is 29.6 Å². The number of para-hydroxylation sites is 1. The second kappa shape index (κ2) is 7.37. The van der Waals surface area contributed by atoms with E-state index >= 15 is 0 Å². The lowest BCUT2D eigenvalue weighted by Gasteiger charge is -2.13. The highest BCUT2D eigenvalue weighted by atomic mass is 16.6. The molecule has 0 aliphatic rings. The minimum absolute atomic E-state index is 0.0192. The molecule has 0 radical (unpaired) electrons. The zero-order chi connectivity index (χ0) is 16.8. The van der Waals surface area contributed by atoms with E-state index in [1.165, 1.54) is 31.4 Å². The number of nitro benzene ring substituents is 1. The van der Waals surface area contributed by atoms with Crippen LogP contribution >= 0.6 is 0 Å². The van der Waals surface area contributed by atoms with Crippen molar-refractivity contribution in [3.8, 4) is 5.75 Å². The van der Waals surface area contributed by atoms with Gasteiger partial charge in [0.1, 0.15) is 5.75 Å². The summed E-state index contributed by atoms with van der Waals surface area (Å²) in [6.45, 7) is -0.0192. The Morgan fingerprint density at radius 1 is 1.26 bits per heavy atom. The van der Waals surface area contributed by atoms with Crippen molar-refractivity contribution >= 4 is 11.6 Å². The SMILES string of the molecule is COc1ccccc1C(=O)NC[C@H](O)c1ccc([N+](=O)[O-])cc1. The second-order valence-corrected chi connectivity index (χ2v) is 4.77. The van der Waals surface area contributed by atoms with E-state index in [2.05, 4.69) is 5.32 Å². The van der Waals surface area contributed by atoms with Crippen LogP contribution in [0, 0.1) is 10.1 Å². The zero-order valence-electron chi connectivity index (χ0n) is 12.4. The van der Waals surface area contributed by atoms with Crippen LogP contribution in [0.25, 0.3) is 0 Å². The lowest BCUT2D eigenvalue weighted by Crippen LogP contribution is -2.28. The lowest BCUT2D eigenvalue weighted by molar-refractivity contribution is -0.384. The molecule has 0 saturated carbocycles. The predicted molar refractivity (Wildman–Crippen MR) is 83.4 cm³/mol. The Bertz CT molecular complexity index is 700. The zero-order valence-corrected chi connectivity index (χ0v) is 12.4. The van der Waals surface area contributed by atoms with Crippen LogP contribution in [0.1, 0.15) is 22.0 Å². The standard InChI is InChI=1S/C16H16N2O5/c1-23-15-5-3-2-4-13(15)16(20)17-10-14(19)11-6-8-12(9-7-11)18(21)22/h2-9,14,19H,10H2,1H3,(H,17,20)/t14-/m0/s1. The molecule has 2 rings (SSSR count). The number of hydrogen-bond acceptors (Lipinski definition) is 5. The molecule has 0 spiro atoms. The molecule has 2 aromatic rings. The topological polar surface area (TPSA) is 102 Å². The van der Waals surface area contributed by atoms with E-state index in [4.69, 9.17) is 4.74 Å². The Morgan fingerprint density at radius 3 is 2.52 bits per heavy atom. The fourth-order valence-electron chi connectivity index (χ4n) is 2.05. The molecule has 2 aromatic carbocycles. The van der Waals surface area contributed by atoms with Gasteiger partial charge in [-0.1, -0.05) is 12.1 Å². The summed E-state index contributed by atoms with van der Waals surface area (Å²) in [5.41, 5.74) is 0.792. The van der Waals surface area contributed by atoms with Gasteiger partial charge in [-0.05, 0) is 29.8 Å². The number of methoxy groups -OCH3 is 1. The summed E-state index contributed by atoms with van der Waals surface area (Å²) in [6.07, 6.45) is -0.963. The maximum Gasteiger partial charge on any atom is 0.269 e. The molecular formula is C16H16N2O5. The summed E-state index contributed by atoms with van der Waals surface area (Å²) >= 11 is 0. The molecule has 7 nitrogen and oxygen atoms in total. The third-order valence-electron chi connectivity index (χ3n) is 3.30. The minimum atomic E-state index is -0.963. The molecule has 0 bridgehead atoms. The predicted octanol–water partition coefficient (Wildman–Crippen LogP) is 2.07. The van der Waals surface area contributed by atoms with E-state index in [0.717, 1.165) is 0 Å². The van der Waals surface area contributed by atoms with Crippen molar-refractivity contribution in [2.45, 2.75) is 6.10 Å². The van der Waals surface area contributed by atoms with Crippen molar-refractivity contribution < 1.29 is 19.6 Å². The van der Waals surface area contributed by atoms with Crippen LogP contribution < -0.4 is 10.1 Å². The second-order valence-electron chi connectivity index (χ2n) is 4.77. The molecule has 120 valence electrons. The number of ether oxygens (including phenoxy) is 1. The fraction of sp³-hybridized carbons (Fsp3) is 0.188. The van der Waals surface area contributed by atoms with Gasteiger partial charge in [-0.15, -0.1) is 0 Å². The number of nitrogens with one attached hydrogen (secondary N) is 1. The van der Waals surface area contributed by atoms with E-state index in [1.54, 1.807) is 24.3 Å². The van der Waals surface area contributed by atoms with Crippen LogP contribution in [0.2, 0.25) is 0 Å².